The molecule has 0 aromatic heterocycles. The minimum atomic E-state index is -4.24. The smallest absolute Gasteiger partial charge is 0.370 e. The Balaban J connectivity index is 0.00000220. The SMILES string of the molecule is Cc1cccc(N(CC2=NCCN2)CC(F)(F)F)c1C.Cl. The van der Waals surface area contributed by atoms with Crippen LogP contribution in [-0.4, -0.2) is 38.2 Å². The predicted octanol–water partition coefficient (Wildman–Crippen LogP) is 3.10. The lowest BCUT2D eigenvalue weighted by atomic mass is 10.1. The van der Waals surface area contributed by atoms with E-state index in [0.717, 1.165) is 11.1 Å². The van der Waals surface area contributed by atoms with Gasteiger partial charge in [-0.1, -0.05) is 12.1 Å². The van der Waals surface area contributed by atoms with E-state index in [2.05, 4.69) is 10.3 Å². The van der Waals surface area contributed by atoms with Crippen molar-refractivity contribution in [3.8, 4) is 0 Å². The van der Waals surface area contributed by atoms with Crippen molar-refractivity contribution in [1.29, 1.82) is 0 Å². The third kappa shape index (κ3) is 4.81. The Morgan fingerprint density at radius 2 is 2.00 bits per heavy atom. The minimum absolute atomic E-state index is 0. The van der Waals surface area contributed by atoms with Gasteiger partial charge in [0.05, 0.1) is 13.1 Å². The van der Waals surface area contributed by atoms with Gasteiger partial charge in [0.2, 0.25) is 0 Å². The Morgan fingerprint density at radius 1 is 1.29 bits per heavy atom. The summed E-state index contributed by atoms with van der Waals surface area (Å²) in [4.78, 5) is 5.51. The molecule has 1 aromatic rings. The maximum atomic E-state index is 12.8. The van der Waals surface area contributed by atoms with Crippen molar-refractivity contribution in [2.45, 2.75) is 20.0 Å². The molecule has 0 unspecified atom stereocenters. The van der Waals surface area contributed by atoms with Crippen molar-refractivity contribution in [2.24, 2.45) is 4.99 Å². The number of aryl methyl sites for hydroxylation is 1. The molecule has 0 saturated heterocycles. The monoisotopic (exact) mass is 321 g/mol. The van der Waals surface area contributed by atoms with E-state index in [1.54, 1.807) is 12.1 Å². The van der Waals surface area contributed by atoms with Crippen molar-refractivity contribution in [3.63, 3.8) is 0 Å². The average Bonchev–Trinajstić information content (AvgIpc) is 2.83. The van der Waals surface area contributed by atoms with Crippen LogP contribution in [0, 0.1) is 13.8 Å². The number of aliphatic imine (C=N–C) groups is 1. The molecule has 1 aliphatic rings. The number of benzene rings is 1. The Hall–Kier alpha value is -1.43. The molecule has 0 saturated carbocycles. The predicted molar refractivity (Wildman–Crippen MR) is 81.7 cm³/mol. The second kappa shape index (κ2) is 7.02. The highest BCUT2D eigenvalue weighted by atomic mass is 35.5. The molecule has 1 N–H and O–H groups in total. The third-order valence-electron chi connectivity index (χ3n) is 3.37. The lowest BCUT2D eigenvalue weighted by molar-refractivity contribution is -0.119. The molecule has 0 amide bonds. The van der Waals surface area contributed by atoms with E-state index < -0.39 is 12.7 Å². The number of amidine groups is 1. The van der Waals surface area contributed by atoms with E-state index in [9.17, 15) is 13.2 Å². The number of alkyl halides is 3. The summed E-state index contributed by atoms with van der Waals surface area (Å²) in [6, 6.07) is 5.41. The lowest BCUT2D eigenvalue weighted by Crippen LogP contribution is -2.41. The molecule has 1 aliphatic heterocycles. The second-order valence-corrected chi connectivity index (χ2v) is 4.95. The number of nitrogens with one attached hydrogen (secondary N) is 1. The van der Waals surface area contributed by atoms with Gasteiger partial charge in [-0.3, -0.25) is 4.99 Å². The van der Waals surface area contributed by atoms with Gasteiger partial charge < -0.3 is 10.2 Å². The van der Waals surface area contributed by atoms with Crippen LogP contribution in [0.2, 0.25) is 0 Å². The van der Waals surface area contributed by atoms with Crippen LogP contribution in [0.1, 0.15) is 11.1 Å². The summed E-state index contributed by atoms with van der Waals surface area (Å²) >= 11 is 0. The molecule has 118 valence electrons. The summed E-state index contributed by atoms with van der Waals surface area (Å²) in [5, 5.41) is 3.02. The number of hydrogen-bond donors (Lipinski definition) is 1. The van der Waals surface area contributed by atoms with Gasteiger partial charge in [-0.2, -0.15) is 13.2 Å². The van der Waals surface area contributed by atoms with Crippen LogP contribution >= 0.6 is 12.4 Å². The van der Waals surface area contributed by atoms with Crippen LogP contribution in [0.15, 0.2) is 23.2 Å². The first-order valence-electron chi connectivity index (χ1n) is 6.52. The van der Waals surface area contributed by atoms with Gasteiger partial charge in [0.25, 0.3) is 0 Å². The summed E-state index contributed by atoms with van der Waals surface area (Å²) in [6.07, 6.45) is -4.24. The lowest BCUT2D eigenvalue weighted by Gasteiger charge is -2.28. The van der Waals surface area contributed by atoms with E-state index >= 15 is 0 Å². The van der Waals surface area contributed by atoms with E-state index in [1.165, 1.54) is 4.90 Å². The second-order valence-electron chi connectivity index (χ2n) is 4.95. The molecule has 21 heavy (non-hydrogen) atoms. The normalized spacial score (nSPS) is 14.2. The summed E-state index contributed by atoms with van der Waals surface area (Å²) in [6.45, 7) is 4.25. The van der Waals surface area contributed by atoms with Crippen molar-refractivity contribution in [1.82, 2.24) is 5.32 Å². The highest BCUT2D eigenvalue weighted by Gasteiger charge is 2.32. The molecule has 0 aliphatic carbocycles. The zero-order valence-corrected chi connectivity index (χ0v) is 12.8. The van der Waals surface area contributed by atoms with Crippen molar-refractivity contribution < 1.29 is 13.2 Å². The first-order chi connectivity index (χ1) is 9.37. The first-order valence-corrected chi connectivity index (χ1v) is 6.52. The van der Waals surface area contributed by atoms with Gasteiger partial charge in [0.1, 0.15) is 12.4 Å². The molecule has 7 heteroatoms. The minimum Gasteiger partial charge on any atom is -0.370 e. The Kier molecular flexibility index (Phi) is 5.89. The van der Waals surface area contributed by atoms with Crippen LogP contribution < -0.4 is 10.2 Å². The summed E-state index contributed by atoms with van der Waals surface area (Å²) < 4.78 is 38.4. The molecule has 3 nitrogen and oxygen atoms in total. The fraction of sp³-hybridized carbons (Fsp3) is 0.500. The van der Waals surface area contributed by atoms with Gasteiger partial charge >= 0.3 is 6.18 Å². The first kappa shape index (κ1) is 17.6. The topological polar surface area (TPSA) is 27.6 Å². The van der Waals surface area contributed by atoms with E-state index in [-0.39, 0.29) is 19.0 Å². The van der Waals surface area contributed by atoms with E-state index in [4.69, 9.17) is 0 Å². The van der Waals surface area contributed by atoms with Crippen molar-refractivity contribution in [2.75, 3.05) is 31.1 Å². The van der Waals surface area contributed by atoms with Crippen LogP contribution in [0.5, 0.6) is 0 Å². The number of nitrogens with zero attached hydrogens (tertiary/aromatic N) is 2. The molecule has 0 spiro atoms. The molecule has 0 atom stereocenters. The maximum absolute atomic E-state index is 12.8. The Bertz CT molecular complexity index is 515. The Labute approximate surface area is 128 Å². The molecule has 0 radical (unpaired) electrons. The standard InChI is InChI=1S/C14H18F3N3.ClH/c1-10-4-3-5-12(11(10)2)20(9-14(15,16)17)8-13-18-6-7-19-13;/h3-5H,6-9H2,1-2H3,(H,18,19);1H. The van der Waals surface area contributed by atoms with Gasteiger partial charge in [-0.05, 0) is 31.0 Å². The quantitative estimate of drug-likeness (QED) is 0.923. The highest BCUT2D eigenvalue weighted by Crippen LogP contribution is 2.26. The molecule has 0 bridgehead atoms. The molecule has 2 rings (SSSR count). The fourth-order valence-electron chi connectivity index (χ4n) is 2.25. The largest absolute Gasteiger partial charge is 0.405 e. The summed E-state index contributed by atoms with van der Waals surface area (Å²) in [5.41, 5.74) is 2.46. The van der Waals surface area contributed by atoms with E-state index in [1.807, 2.05) is 19.9 Å². The van der Waals surface area contributed by atoms with Gasteiger partial charge in [0, 0.05) is 12.2 Å². The van der Waals surface area contributed by atoms with Gasteiger partial charge in [0.15, 0.2) is 0 Å². The molecular formula is C14H19ClF3N3. The zero-order chi connectivity index (χ0) is 14.8. The molecule has 1 aromatic carbocycles. The maximum Gasteiger partial charge on any atom is 0.405 e. The number of anilines is 1. The number of halogens is 4. The fourth-order valence-corrected chi connectivity index (χ4v) is 2.25. The van der Waals surface area contributed by atoms with Crippen molar-refractivity contribution >= 4 is 23.9 Å². The summed E-state index contributed by atoms with van der Waals surface area (Å²) in [7, 11) is 0. The molecule has 0 fully saturated rings. The molecular weight excluding hydrogens is 303 g/mol. The number of rotatable bonds is 4. The summed E-state index contributed by atoms with van der Waals surface area (Å²) in [5.74, 6) is 0.621. The zero-order valence-electron chi connectivity index (χ0n) is 12.0. The Morgan fingerprint density at radius 3 is 2.57 bits per heavy atom. The van der Waals surface area contributed by atoms with Gasteiger partial charge in [-0.15, -0.1) is 12.4 Å². The third-order valence-corrected chi connectivity index (χ3v) is 3.37. The van der Waals surface area contributed by atoms with Crippen LogP contribution in [-0.2, 0) is 0 Å². The van der Waals surface area contributed by atoms with E-state index in [0.29, 0.717) is 24.6 Å². The van der Waals surface area contributed by atoms with Gasteiger partial charge in [-0.25, -0.2) is 0 Å². The average molecular weight is 322 g/mol. The number of hydrogen-bond acceptors (Lipinski definition) is 3. The highest BCUT2D eigenvalue weighted by molar-refractivity contribution is 5.88. The van der Waals surface area contributed by atoms with Crippen LogP contribution in [0.3, 0.4) is 0 Å². The molecule has 1 heterocycles. The van der Waals surface area contributed by atoms with Crippen LogP contribution in [0.4, 0.5) is 18.9 Å². The van der Waals surface area contributed by atoms with Crippen molar-refractivity contribution in [3.05, 3.63) is 29.3 Å². The van der Waals surface area contributed by atoms with Crippen LogP contribution in [0.25, 0.3) is 0 Å².